The third-order valence-corrected chi connectivity index (χ3v) is 7.12. The molecule has 2 atom stereocenters. The van der Waals surface area contributed by atoms with Gasteiger partial charge < -0.3 is 19.5 Å². The molecule has 1 saturated heterocycles. The summed E-state index contributed by atoms with van der Waals surface area (Å²) >= 11 is 0. The summed E-state index contributed by atoms with van der Waals surface area (Å²) in [5, 5.41) is 13.1. The molecule has 0 saturated carbocycles. The van der Waals surface area contributed by atoms with Gasteiger partial charge in [-0.15, -0.1) is 0 Å². The minimum absolute atomic E-state index is 0.388. The number of benzene rings is 2. The SMILES string of the molecule is COc1cccc([C@@]23CCN(C)C[C@@]2(O)Cc2cc4c(OC)cccc4nc2C3)c1. The minimum Gasteiger partial charge on any atom is -0.497 e. The van der Waals surface area contributed by atoms with Gasteiger partial charge in [-0.25, -0.2) is 0 Å². The van der Waals surface area contributed by atoms with Crippen LogP contribution in [0.4, 0.5) is 0 Å². The lowest BCUT2D eigenvalue weighted by Gasteiger charge is -2.56. The second-order valence-corrected chi connectivity index (χ2v) is 8.81. The molecule has 1 N–H and O–H groups in total. The lowest BCUT2D eigenvalue weighted by Crippen LogP contribution is -2.66. The number of ether oxygens (including phenoxy) is 2. The molecule has 2 aromatic carbocycles. The lowest BCUT2D eigenvalue weighted by molar-refractivity contribution is -0.0976. The predicted molar refractivity (Wildman–Crippen MR) is 117 cm³/mol. The molecule has 5 rings (SSSR count). The number of rotatable bonds is 3. The van der Waals surface area contributed by atoms with Crippen molar-refractivity contribution in [3.63, 3.8) is 0 Å². The molecule has 5 nitrogen and oxygen atoms in total. The van der Waals surface area contributed by atoms with Crippen molar-refractivity contribution in [3.8, 4) is 11.5 Å². The number of methoxy groups -OCH3 is 2. The molecular formula is C25H28N2O3. The first kappa shape index (κ1) is 19.3. The van der Waals surface area contributed by atoms with Gasteiger partial charge >= 0.3 is 0 Å². The molecule has 1 aliphatic carbocycles. The van der Waals surface area contributed by atoms with Crippen LogP contribution in [0.25, 0.3) is 10.9 Å². The van der Waals surface area contributed by atoms with Crippen molar-refractivity contribution >= 4 is 10.9 Å². The fraction of sp³-hybridized carbons (Fsp3) is 0.400. The summed E-state index contributed by atoms with van der Waals surface area (Å²) in [4.78, 5) is 7.28. The zero-order chi connectivity index (χ0) is 20.9. The van der Waals surface area contributed by atoms with Crippen LogP contribution in [0.15, 0.2) is 48.5 Å². The van der Waals surface area contributed by atoms with Crippen LogP contribution in [0.1, 0.15) is 23.2 Å². The highest BCUT2D eigenvalue weighted by atomic mass is 16.5. The zero-order valence-electron chi connectivity index (χ0n) is 17.8. The van der Waals surface area contributed by atoms with Crippen LogP contribution < -0.4 is 9.47 Å². The van der Waals surface area contributed by atoms with Crippen LogP contribution in [0.2, 0.25) is 0 Å². The largest absolute Gasteiger partial charge is 0.497 e. The Hall–Kier alpha value is -2.63. The molecule has 2 aliphatic rings. The molecule has 5 heteroatoms. The monoisotopic (exact) mass is 404 g/mol. The lowest BCUT2D eigenvalue weighted by atomic mass is 9.56. The summed E-state index contributed by atoms with van der Waals surface area (Å²) in [7, 11) is 5.46. The summed E-state index contributed by atoms with van der Waals surface area (Å²) in [5.74, 6) is 1.64. The number of piperidine rings is 1. The number of pyridine rings is 1. The molecule has 0 unspecified atom stereocenters. The molecule has 0 amide bonds. The van der Waals surface area contributed by atoms with Gasteiger partial charge in [-0.1, -0.05) is 18.2 Å². The highest BCUT2D eigenvalue weighted by Crippen LogP contribution is 2.50. The maximum Gasteiger partial charge on any atom is 0.128 e. The Kier molecular flexibility index (Phi) is 4.49. The number of hydrogen-bond acceptors (Lipinski definition) is 5. The van der Waals surface area contributed by atoms with Gasteiger partial charge in [0.25, 0.3) is 0 Å². The second kappa shape index (κ2) is 6.96. The first-order chi connectivity index (χ1) is 14.5. The highest BCUT2D eigenvalue weighted by Gasteiger charge is 2.57. The van der Waals surface area contributed by atoms with Crippen molar-refractivity contribution in [2.45, 2.75) is 30.3 Å². The molecule has 0 spiro atoms. The highest BCUT2D eigenvalue weighted by molar-refractivity contribution is 5.86. The molecule has 1 aromatic heterocycles. The van der Waals surface area contributed by atoms with E-state index in [-0.39, 0.29) is 5.41 Å². The molecule has 0 bridgehead atoms. The Bertz CT molecular complexity index is 1110. The van der Waals surface area contributed by atoms with Crippen molar-refractivity contribution < 1.29 is 14.6 Å². The third kappa shape index (κ3) is 2.80. The van der Waals surface area contributed by atoms with Gasteiger partial charge in [-0.3, -0.25) is 4.98 Å². The maximum atomic E-state index is 12.1. The van der Waals surface area contributed by atoms with Gasteiger partial charge in [0, 0.05) is 35.9 Å². The van der Waals surface area contributed by atoms with E-state index < -0.39 is 5.60 Å². The Labute approximate surface area is 177 Å². The number of likely N-dealkylation sites (tertiary alicyclic amines) is 1. The van der Waals surface area contributed by atoms with Crippen LogP contribution in [-0.2, 0) is 18.3 Å². The number of aliphatic hydroxyl groups is 1. The molecule has 30 heavy (non-hydrogen) atoms. The Morgan fingerprint density at radius 2 is 1.87 bits per heavy atom. The van der Waals surface area contributed by atoms with Crippen LogP contribution >= 0.6 is 0 Å². The number of fused-ring (bicyclic) bond motifs is 3. The Morgan fingerprint density at radius 3 is 2.67 bits per heavy atom. The van der Waals surface area contributed by atoms with E-state index in [1.165, 1.54) is 0 Å². The predicted octanol–water partition coefficient (Wildman–Crippen LogP) is 3.36. The van der Waals surface area contributed by atoms with Crippen molar-refractivity contribution in [3.05, 3.63) is 65.4 Å². The summed E-state index contributed by atoms with van der Waals surface area (Å²) < 4.78 is 11.1. The van der Waals surface area contributed by atoms with Crippen molar-refractivity contribution in [1.29, 1.82) is 0 Å². The molecule has 1 aliphatic heterocycles. The van der Waals surface area contributed by atoms with E-state index in [4.69, 9.17) is 14.5 Å². The van der Waals surface area contributed by atoms with Crippen molar-refractivity contribution in [2.75, 3.05) is 34.4 Å². The topological polar surface area (TPSA) is 54.8 Å². The third-order valence-electron chi connectivity index (χ3n) is 7.12. The Morgan fingerprint density at radius 1 is 1.03 bits per heavy atom. The van der Waals surface area contributed by atoms with Gasteiger partial charge in [0.1, 0.15) is 11.5 Å². The molecule has 156 valence electrons. The summed E-state index contributed by atoms with van der Waals surface area (Å²) in [6.07, 6.45) is 2.17. The number of nitrogens with zero attached hydrogens (tertiary/aromatic N) is 2. The average Bonchev–Trinajstić information content (AvgIpc) is 2.75. The van der Waals surface area contributed by atoms with Crippen molar-refractivity contribution in [1.82, 2.24) is 9.88 Å². The van der Waals surface area contributed by atoms with E-state index in [0.717, 1.165) is 52.2 Å². The van der Waals surface area contributed by atoms with Gasteiger partial charge in [0.05, 0.1) is 25.3 Å². The minimum atomic E-state index is -0.878. The van der Waals surface area contributed by atoms with E-state index in [1.54, 1.807) is 14.2 Å². The summed E-state index contributed by atoms with van der Waals surface area (Å²) in [6, 6.07) is 16.3. The van der Waals surface area contributed by atoms with E-state index in [0.29, 0.717) is 19.4 Å². The zero-order valence-corrected chi connectivity index (χ0v) is 17.8. The van der Waals surface area contributed by atoms with Gasteiger partial charge in [0.2, 0.25) is 0 Å². The quantitative estimate of drug-likeness (QED) is 0.726. The fourth-order valence-electron chi connectivity index (χ4n) is 5.54. The van der Waals surface area contributed by atoms with Gasteiger partial charge in [-0.05, 0) is 61.5 Å². The Balaban J connectivity index is 1.70. The van der Waals surface area contributed by atoms with Crippen LogP contribution in [-0.4, -0.2) is 54.9 Å². The van der Waals surface area contributed by atoms with Crippen LogP contribution in [0, 0.1) is 0 Å². The molecule has 3 aromatic rings. The first-order valence-corrected chi connectivity index (χ1v) is 10.5. The van der Waals surface area contributed by atoms with Gasteiger partial charge in [-0.2, -0.15) is 0 Å². The number of likely N-dealkylation sites (N-methyl/N-ethyl adjacent to an activating group) is 1. The number of β-amino-alcohol motifs (C(OH)–C–C–N with tert-alkyl or cyclic N) is 1. The molecule has 0 radical (unpaired) electrons. The first-order valence-electron chi connectivity index (χ1n) is 10.5. The van der Waals surface area contributed by atoms with Crippen LogP contribution in [0.3, 0.4) is 0 Å². The van der Waals surface area contributed by atoms with E-state index >= 15 is 0 Å². The smallest absolute Gasteiger partial charge is 0.128 e. The number of hydrogen-bond donors (Lipinski definition) is 1. The maximum absolute atomic E-state index is 12.1. The van der Waals surface area contributed by atoms with Crippen molar-refractivity contribution in [2.24, 2.45) is 0 Å². The fourth-order valence-corrected chi connectivity index (χ4v) is 5.54. The summed E-state index contributed by atoms with van der Waals surface area (Å²) in [5.41, 5.74) is 3.00. The van der Waals surface area contributed by atoms with E-state index in [1.807, 2.05) is 30.3 Å². The molecule has 2 heterocycles. The normalized spacial score (nSPS) is 26.1. The standard InChI is InChI=1S/C25H28N2O3/c1-27-11-10-24(18-6-4-7-19(13-18)29-2)15-22-17(14-25(24,28)16-27)12-20-21(26-22)8-5-9-23(20)30-3/h4-9,12-13,28H,10-11,14-16H2,1-3H3/t24-,25-/m0/s1. The average molecular weight is 405 g/mol. The van der Waals surface area contributed by atoms with Crippen LogP contribution in [0.5, 0.6) is 11.5 Å². The molecule has 1 fully saturated rings. The second-order valence-electron chi connectivity index (χ2n) is 8.81. The van der Waals surface area contributed by atoms with E-state index in [2.05, 4.69) is 30.1 Å². The van der Waals surface area contributed by atoms with E-state index in [9.17, 15) is 5.11 Å². The summed E-state index contributed by atoms with van der Waals surface area (Å²) in [6.45, 7) is 1.57. The number of aromatic nitrogens is 1. The van der Waals surface area contributed by atoms with Gasteiger partial charge in [0.15, 0.2) is 0 Å². The molecular weight excluding hydrogens is 376 g/mol.